The first kappa shape index (κ1) is 19.5. The van der Waals surface area contributed by atoms with Gasteiger partial charge in [0.15, 0.2) is 17.4 Å². The topological polar surface area (TPSA) is 83.5 Å². The summed E-state index contributed by atoms with van der Waals surface area (Å²) in [6.45, 7) is 7.21. The van der Waals surface area contributed by atoms with Gasteiger partial charge in [-0.25, -0.2) is 4.39 Å². The van der Waals surface area contributed by atoms with Crippen molar-refractivity contribution in [2.45, 2.75) is 69.5 Å². The van der Waals surface area contributed by atoms with Crippen LogP contribution >= 0.6 is 7.37 Å². The smallest absolute Gasteiger partial charge is 0.262 e. The fourth-order valence-electron chi connectivity index (χ4n) is 3.82. The van der Waals surface area contributed by atoms with Gasteiger partial charge in [0, 0.05) is 5.30 Å². The van der Waals surface area contributed by atoms with Gasteiger partial charge in [-0.2, -0.15) is 0 Å². The van der Waals surface area contributed by atoms with Gasteiger partial charge in [0.25, 0.3) is 7.37 Å². The van der Waals surface area contributed by atoms with E-state index in [1.807, 2.05) is 0 Å². The van der Waals surface area contributed by atoms with E-state index in [1.54, 1.807) is 27.7 Å². The molecule has 3 heterocycles. The standard InChI is InChI=1S/C18H24FO7P/c1-17(2)22-9-12(23-17)13-14-15(25-18(3,4)24-14)16(20)27(21,26-13)11-7-5-10(19)6-8-11/h5-8,12-16,20H,9H2,1-4H3/t12-,13-,14+,15+,16-,27?/m1/s1. The summed E-state index contributed by atoms with van der Waals surface area (Å²) in [5.74, 6) is -3.71. The zero-order chi connectivity index (χ0) is 19.6. The number of benzene rings is 1. The molecule has 3 saturated heterocycles. The zero-order valence-electron chi connectivity index (χ0n) is 15.6. The monoisotopic (exact) mass is 402 g/mol. The van der Waals surface area contributed by atoms with Gasteiger partial charge in [-0.1, -0.05) is 0 Å². The van der Waals surface area contributed by atoms with E-state index in [4.69, 9.17) is 23.5 Å². The molecule has 0 radical (unpaired) electrons. The lowest BCUT2D eigenvalue weighted by Crippen LogP contribution is -2.55. The van der Waals surface area contributed by atoms with Crippen LogP contribution in [0.15, 0.2) is 24.3 Å². The van der Waals surface area contributed by atoms with Gasteiger partial charge < -0.3 is 28.6 Å². The van der Waals surface area contributed by atoms with E-state index in [2.05, 4.69) is 0 Å². The van der Waals surface area contributed by atoms with Gasteiger partial charge in [-0.05, 0) is 52.0 Å². The van der Waals surface area contributed by atoms with E-state index in [9.17, 15) is 14.1 Å². The molecule has 0 amide bonds. The minimum Gasteiger partial charge on any atom is -0.380 e. The third kappa shape index (κ3) is 3.38. The molecule has 1 aromatic carbocycles. The summed E-state index contributed by atoms with van der Waals surface area (Å²) < 4.78 is 56.3. The molecule has 0 saturated carbocycles. The van der Waals surface area contributed by atoms with Crippen molar-refractivity contribution in [1.82, 2.24) is 0 Å². The Morgan fingerprint density at radius 3 is 2.22 bits per heavy atom. The maximum absolute atomic E-state index is 13.7. The first-order valence-electron chi connectivity index (χ1n) is 8.91. The molecule has 3 aliphatic heterocycles. The van der Waals surface area contributed by atoms with Crippen LogP contribution in [0, 0.1) is 5.82 Å². The fraction of sp³-hybridized carbons (Fsp3) is 0.667. The van der Waals surface area contributed by atoms with Gasteiger partial charge in [0.05, 0.1) is 6.61 Å². The van der Waals surface area contributed by atoms with Gasteiger partial charge in [-0.3, -0.25) is 4.57 Å². The molecule has 0 aliphatic carbocycles. The van der Waals surface area contributed by atoms with Crippen LogP contribution in [-0.2, 0) is 28.0 Å². The third-order valence-electron chi connectivity index (χ3n) is 4.99. The number of aliphatic hydroxyl groups excluding tert-OH is 1. The minimum atomic E-state index is -3.81. The van der Waals surface area contributed by atoms with Crippen LogP contribution < -0.4 is 5.30 Å². The first-order chi connectivity index (χ1) is 12.5. The van der Waals surface area contributed by atoms with E-state index in [-0.39, 0.29) is 11.9 Å². The highest BCUT2D eigenvalue weighted by molar-refractivity contribution is 7.67. The molecule has 1 aromatic rings. The second kappa shape index (κ2) is 6.32. The molecule has 150 valence electrons. The molecule has 7 nitrogen and oxygen atoms in total. The molecule has 1 unspecified atom stereocenters. The van der Waals surface area contributed by atoms with Crippen LogP contribution in [0.4, 0.5) is 4.39 Å². The molecule has 4 rings (SSSR count). The molecule has 1 N–H and O–H groups in total. The van der Waals surface area contributed by atoms with Gasteiger partial charge in [0.2, 0.25) is 0 Å². The Morgan fingerprint density at radius 1 is 1.00 bits per heavy atom. The molecule has 3 fully saturated rings. The Balaban J connectivity index is 1.72. The number of hydrogen-bond donors (Lipinski definition) is 1. The molecular formula is C18H24FO7P. The number of hydrogen-bond acceptors (Lipinski definition) is 7. The molecule has 27 heavy (non-hydrogen) atoms. The summed E-state index contributed by atoms with van der Waals surface area (Å²) >= 11 is 0. The summed E-state index contributed by atoms with van der Waals surface area (Å²) in [6.07, 6.45) is -2.88. The third-order valence-corrected chi connectivity index (χ3v) is 7.56. The van der Waals surface area contributed by atoms with E-state index in [0.29, 0.717) is 0 Å². The first-order valence-corrected chi connectivity index (χ1v) is 10.6. The Hall–Kier alpha value is -0.860. The molecule has 9 heteroatoms. The lowest BCUT2D eigenvalue weighted by Gasteiger charge is -2.41. The van der Waals surface area contributed by atoms with Crippen LogP contribution in [0.2, 0.25) is 0 Å². The van der Waals surface area contributed by atoms with E-state index >= 15 is 0 Å². The molecule has 6 atom stereocenters. The van der Waals surface area contributed by atoms with Crippen molar-refractivity contribution in [2.75, 3.05) is 6.61 Å². The summed E-state index contributed by atoms with van der Waals surface area (Å²) in [6, 6.07) is 5.07. The second-order valence-electron chi connectivity index (χ2n) is 7.99. The normalized spacial score (nSPS) is 42.8. The summed E-state index contributed by atoms with van der Waals surface area (Å²) in [5.41, 5.74) is 0. The second-order valence-corrected chi connectivity index (χ2v) is 10.4. The Bertz CT molecular complexity index is 765. The molecule has 0 spiro atoms. The van der Waals surface area contributed by atoms with Crippen LogP contribution in [0.5, 0.6) is 0 Å². The van der Waals surface area contributed by atoms with E-state index in [0.717, 1.165) is 0 Å². The van der Waals surface area contributed by atoms with Crippen LogP contribution in [0.3, 0.4) is 0 Å². The van der Waals surface area contributed by atoms with Crippen molar-refractivity contribution in [3.05, 3.63) is 30.1 Å². The van der Waals surface area contributed by atoms with Gasteiger partial charge >= 0.3 is 0 Å². The highest BCUT2D eigenvalue weighted by atomic mass is 31.2. The average molecular weight is 402 g/mol. The van der Waals surface area contributed by atoms with Crippen molar-refractivity contribution >= 4 is 12.7 Å². The van der Waals surface area contributed by atoms with Gasteiger partial charge in [-0.15, -0.1) is 0 Å². The number of fused-ring (bicyclic) bond motifs is 1. The number of ether oxygens (including phenoxy) is 4. The van der Waals surface area contributed by atoms with Crippen LogP contribution in [0.1, 0.15) is 27.7 Å². The summed E-state index contributed by atoms with van der Waals surface area (Å²) in [4.78, 5) is 0. The van der Waals surface area contributed by atoms with Gasteiger partial charge in [0.1, 0.15) is 30.2 Å². The lowest BCUT2D eigenvalue weighted by atomic mass is 10.0. The molecular weight excluding hydrogens is 378 g/mol. The fourth-order valence-corrected chi connectivity index (χ4v) is 6.17. The van der Waals surface area contributed by atoms with E-state index in [1.165, 1.54) is 24.3 Å². The summed E-state index contributed by atoms with van der Waals surface area (Å²) in [7, 11) is -3.81. The number of aliphatic hydroxyl groups is 1. The Labute approximate surface area is 157 Å². The highest BCUT2D eigenvalue weighted by Crippen LogP contribution is 2.60. The number of halogens is 1. The molecule has 0 bridgehead atoms. The highest BCUT2D eigenvalue weighted by Gasteiger charge is 2.62. The minimum absolute atomic E-state index is 0.214. The predicted octanol–water partition coefficient (Wildman–Crippen LogP) is 2.12. The quantitative estimate of drug-likeness (QED) is 0.759. The summed E-state index contributed by atoms with van der Waals surface area (Å²) in [5, 5.41) is 11.1. The number of rotatable bonds is 2. The molecule has 3 aliphatic rings. The van der Waals surface area contributed by atoms with Crippen LogP contribution in [-0.4, -0.2) is 53.5 Å². The van der Waals surface area contributed by atoms with Crippen molar-refractivity contribution in [2.24, 2.45) is 0 Å². The molecule has 0 aromatic heterocycles. The maximum Gasteiger partial charge on any atom is 0.262 e. The lowest BCUT2D eigenvalue weighted by molar-refractivity contribution is -0.174. The van der Waals surface area contributed by atoms with Crippen LogP contribution in [0.25, 0.3) is 0 Å². The average Bonchev–Trinajstić information content (AvgIpc) is 3.10. The van der Waals surface area contributed by atoms with Crippen molar-refractivity contribution in [3.63, 3.8) is 0 Å². The maximum atomic E-state index is 13.7. The Kier molecular flexibility index (Phi) is 4.56. The van der Waals surface area contributed by atoms with E-state index < -0.39 is 55.0 Å². The van der Waals surface area contributed by atoms with Crippen molar-refractivity contribution in [3.8, 4) is 0 Å². The zero-order valence-corrected chi connectivity index (χ0v) is 16.5. The van der Waals surface area contributed by atoms with Crippen molar-refractivity contribution < 1.29 is 37.5 Å². The predicted molar refractivity (Wildman–Crippen MR) is 93.2 cm³/mol. The van der Waals surface area contributed by atoms with Crippen molar-refractivity contribution in [1.29, 1.82) is 0 Å². The largest absolute Gasteiger partial charge is 0.380 e. The SMILES string of the molecule is CC1(C)O[C@H]2[C@@H]([C@H]3COC(C)(C)O3)OP(=O)(c3ccc(F)cc3)[C@@H](O)[C@H]2O1. The Morgan fingerprint density at radius 2 is 1.63 bits per heavy atom.